The molecule has 0 bridgehead atoms. The second kappa shape index (κ2) is 9.72. The standard InChI is InChI=1S/C23H30FN3O4S/c1-32(29,30)26-20-11-12-27(23-13-22(28)19(24)14-25-23)21(20)15-31-18-9-7-17(8-10-18)16-5-3-2-4-6-16/h2-6,13-14,17-18,20-21,26H,7-12,15H2,1H3,(H,25,28)/t17?,18?,20-,21-/m0/s1. The molecule has 4 rings (SSSR count). The molecular weight excluding hydrogens is 433 g/mol. The van der Waals surface area contributed by atoms with Crippen LogP contribution in [0.25, 0.3) is 0 Å². The summed E-state index contributed by atoms with van der Waals surface area (Å²) >= 11 is 0. The number of aromatic nitrogens is 1. The molecule has 2 heterocycles. The molecule has 174 valence electrons. The van der Waals surface area contributed by atoms with Crippen molar-refractivity contribution in [2.24, 2.45) is 0 Å². The van der Waals surface area contributed by atoms with Crippen molar-refractivity contribution in [2.75, 3.05) is 24.3 Å². The molecule has 0 amide bonds. The van der Waals surface area contributed by atoms with E-state index in [4.69, 9.17) is 4.74 Å². The summed E-state index contributed by atoms with van der Waals surface area (Å²) in [5.74, 6) is 0.167. The van der Waals surface area contributed by atoms with Crippen molar-refractivity contribution < 1.29 is 17.5 Å². The Morgan fingerprint density at radius 2 is 1.88 bits per heavy atom. The number of pyridine rings is 1. The first kappa shape index (κ1) is 22.9. The molecule has 0 radical (unpaired) electrons. The third kappa shape index (κ3) is 5.57. The molecular formula is C23H30FN3O4S. The number of benzene rings is 1. The summed E-state index contributed by atoms with van der Waals surface area (Å²) in [6.45, 7) is 0.858. The van der Waals surface area contributed by atoms with Crippen LogP contribution >= 0.6 is 0 Å². The van der Waals surface area contributed by atoms with Gasteiger partial charge in [-0.25, -0.2) is 17.5 Å². The fourth-order valence-corrected chi connectivity index (χ4v) is 5.73. The van der Waals surface area contributed by atoms with Gasteiger partial charge in [0.05, 0.1) is 25.0 Å². The van der Waals surface area contributed by atoms with Crippen molar-refractivity contribution >= 4 is 15.8 Å². The van der Waals surface area contributed by atoms with Crippen LogP contribution in [0.3, 0.4) is 0 Å². The Bertz CT molecular complexity index is 1070. The van der Waals surface area contributed by atoms with Crippen molar-refractivity contribution in [3.63, 3.8) is 0 Å². The third-order valence-electron chi connectivity index (χ3n) is 6.52. The molecule has 9 heteroatoms. The Labute approximate surface area is 188 Å². The Morgan fingerprint density at radius 1 is 1.16 bits per heavy atom. The highest BCUT2D eigenvalue weighted by Gasteiger charge is 2.37. The van der Waals surface area contributed by atoms with Crippen LogP contribution in [0, 0.1) is 5.82 Å². The van der Waals surface area contributed by atoms with Gasteiger partial charge in [-0.15, -0.1) is 0 Å². The molecule has 1 saturated carbocycles. The van der Waals surface area contributed by atoms with E-state index in [1.165, 1.54) is 11.6 Å². The van der Waals surface area contributed by atoms with E-state index in [2.05, 4.69) is 34.0 Å². The number of nitrogens with one attached hydrogen (secondary N) is 2. The van der Waals surface area contributed by atoms with Crippen LogP contribution in [0.5, 0.6) is 0 Å². The fraction of sp³-hybridized carbons (Fsp3) is 0.522. The minimum Gasteiger partial charge on any atom is -0.376 e. The monoisotopic (exact) mass is 463 g/mol. The smallest absolute Gasteiger partial charge is 0.219 e. The van der Waals surface area contributed by atoms with E-state index in [-0.39, 0.29) is 18.2 Å². The number of halogens is 1. The topological polar surface area (TPSA) is 91.5 Å². The number of ether oxygens (including phenoxy) is 1. The van der Waals surface area contributed by atoms with Gasteiger partial charge in [0.25, 0.3) is 0 Å². The highest BCUT2D eigenvalue weighted by atomic mass is 32.2. The maximum Gasteiger partial charge on any atom is 0.219 e. The van der Waals surface area contributed by atoms with Gasteiger partial charge in [0.15, 0.2) is 5.82 Å². The molecule has 2 aliphatic rings. The second-order valence-corrected chi connectivity index (χ2v) is 10.6. The first-order valence-electron chi connectivity index (χ1n) is 11.1. The lowest BCUT2D eigenvalue weighted by molar-refractivity contribution is 0.0156. The van der Waals surface area contributed by atoms with Crippen LogP contribution < -0.4 is 15.1 Å². The SMILES string of the molecule is CS(=O)(=O)N[C@H]1CCN(c2cc(=O)c(F)c[nH]2)[C@H]1COC1CCC(c2ccccc2)CC1. The van der Waals surface area contributed by atoms with Gasteiger partial charge in [0.1, 0.15) is 5.82 Å². The molecule has 7 nitrogen and oxygen atoms in total. The summed E-state index contributed by atoms with van der Waals surface area (Å²) in [5.41, 5.74) is 0.669. The summed E-state index contributed by atoms with van der Waals surface area (Å²) in [7, 11) is -3.41. The summed E-state index contributed by atoms with van der Waals surface area (Å²) < 4.78 is 46.1. The van der Waals surface area contributed by atoms with Gasteiger partial charge in [-0.05, 0) is 43.6 Å². The molecule has 2 atom stereocenters. The molecule has 1 aliphatic carbocycles. The molecule has 1 aromatic heterocycles. The van der Waals surface area contributed by atoms with Gasteiger partial charge in [-0.2, -0.15) is 0 Å². The molecule has 1 aromatic carbocycles. The highest BCUT2D eigenvalue weighted by molar-refractivity contribution is 7.88. The summed E-state index contributed by atoms with van der Waals surface area (Å²) in [6.07, 6.45) is 6.87. The van der Waals surface area contributed by atoms with Crippen LogP contribution in [-0.2, 0) is 14.8 Å². The molecule has 1 saturated heterocycles. The number of hydrogen-bond acceptors (Lipinski definition) is 5. The van der Waals surface area contributed by atoms with Crippen LogP contribution in [0.2, 0.25) is 0 Å². The number of rotatable bonds is 7. The van der Waals surface area contributed by atoms with Gasteiger partial charge in [0.2, 0.25) is 15.5 Å². The zero-order chi connectivity index (χ0) is 22.7. The van der Waals surface area contributed by atoms with Gasteiger partial charge in [-0.1, -0.05) is 30.3 Å². The maximum atomic E-state index is 13.4. The number of anilines is 1. The van der Waals surface area contributed by atoms with Crippen molar-refractivity contribution in [1.82, 2.24) is 9.71 Å². The van der Waals surface area contributed by atoms with Crippen LogP contribution in [-0.4, -0.2) is 51.0 Å². The van der Waals surface area contributed by atoms with E-state index >= 15 is 0 Å². The number of hydrogen-bond donors (Lipinski definition) is 2. The molecule has 32 heavy (non-hydrogen) atoms. The fourth-order valence-electron chi connectivity index (χ4n) is 4.90. The predicted octanol–water partition coefficient (Wildman–Crippen LogP) is 2.75. The van der Waals surface area contributed by atoms with Crippen molar-refractivity contribution in [2.45, 2.75) is 56.2 Å². The molecule has 2 aromatic rings. The quantitative estimate of drug-likeness (QED) is 0.659. The number of sulfonamides is 1. The average Bonchev–Trinajstić information content (AvgIpc) is 3.16. The molecule has 2 N–H and O–H groups in total. The molecule has 0 unspecified atom stereocenters. The lowest BCUT2D eigenvalue weighted by Crippen LogP contribution is -2.48. The maximum absolute atomic E-state index is 13.4. The molecule has 1 aliphatic heterocycles. The summed E-state index contributed by atoms with van der Waals surface area (Å²) in [5, 5.41) is 0. The van der Waals surface area contributed by atoms with E-state index in [9.17, 15) is 17.6 Å². The largest absolute Gasteiger partial charge is 0.376 e. The summed E-state index contributed by atoms with van der Waals surface area (Å²) in [6, 6.07) is 11.1. The van der Waals surface area contributed by atoms with Gasteiger partial charge < -0.3 is 14.6 Å². The second-order valence-electron chi connectivity index (χ2n) is 8.79. The molecule has 2 fully saturated rings. The summed E-state index contributed by atoms with van der Waals surface area (Å²) in [4.78, 5) is 16.5. The lowest BCUT2D eigenvalue weighted by atomic mass is 9.83. The van der Waals surface area contributed by atoms with Crippen molar-refractivity contribution in [3.8, 4) is 0 Å². The number of aromatic amines is 1. The van der Waals surface area contributed by atoms with Crippen LogP contribution in [0.4, 0.5) is 10.2 Å². The van der Waals surface area contributed by atoms with Crippen LogP contribution in [0.15, 0.2) is 47.4 Å². The highest BCUT2D eigenvalue weighted by Crippen LogP contribution is 2.34. The van der Waals surface area contributed by atoms with E-state index in [0.717, 1.165) is 38.1 Å². The van der Waals surface area contributed by atoms with Crippen molar-refractivity contribution in [3.05, 3.63) is 64.2 Å². The van der Waals surface area contributed by atoms with Crippen LogP contribution in [0.1, 0.15) is 43.6 Å². The lowest BCUT2D eigenvalue weighted by Gasteiger charge is -2.33. The van der Waals surface area contributed by atoms with Crippen molar-refractivity contribution in [1.29, 1.82) is 0 Å². The Balaban J connectivity index is 1.42. The zero-order valence-corrected chi connectivity index (χ0v) is 19.0. The number of H-pyrrole nitrogens is 1. The first-order valence-corrected chi connectivity index (χ1v) is 13.0. The Kier molecular flexibility index (Phi) is 6.97. The minimum absolute atomic E-state index is 0.114. The van der Waals surface area contributed by atoms with Gasteiger partial charge >= 0.3 is 0 Å². The first-order chi connectivity index (χ1) is 15.3. The number of nitrogens with zero attached hydrogens (tertiary/aromatic N) is 1. The average molecular weight is 464 g/mol. The van der Waals surface area contributed by atoms with E-state index in [1.54, 1.807) is 0 Å². The Hall–Kier alpha value is -2.23. The zero-order valence-electron chi connectivity index (χ0n) is 18.2. The van der Waals surface area contributed by atoms with Gasteiger partial charge in [-0.3, -0.25) is 4.79 Å². The van der Waals surface area contributed by atoms with E-state index < -0.39 is 21.3 Å². The Morgan fingerprint density at radius 3 is 2.53 bits per heavy atom. The normalized spacial score (nSPS) is 26.4. The third-order valence-corrected chi connectivity index (χ3v) is 7.25. The van der Waals surface area contributed by atoms with E-state index in [1.807, 2.05) is 11.0 Å². The molecule has 0 spiro atoms. The predicted molar refractivity (Wildman–Crippen MR) is 122 cm³/mol. The van der Waals surface area contributed by atoms with E-state index in [0.29, 0.717) is 31.3 Å². The minimum atomic E-state index is -3.41. The van der Waals surface area contributed by atoms with Gasteiger partial charge in [0, 0.05) is 24.8 Å².